The van der Waals surface area contributed by atoms with Gasteiger partial charge in [0.25, 0.3) is 5.69 Å². The molecule has 4 nitrogen and oxygen atoms in total. The van der Waals surface area contributed by atoms with Crippen molar-refractivity contribution in [2.24, 2.45) is 0 Å². The van der Waals surface area contributed by atoms with Gasteiger partial charge in [0, 0.05) is 28.7 Å². The lowest BCUT2D eigenvalue weighted by molar-refractivity contribution is -0.384. The number of aromatic nitrogens is 1. The molecular formula is C20H24N2O2Si. The highest BCUT2D eigenvalue weighted by Crippen LogP contribution is 2.42. The molecule has 0 aliphatic rings. The van der Waals surface area contributed by atoms with Crippen molar-refractivity contribution in [1.82, 2.24) is 4.23 Å². The minimum Gasteiger partial charge on any atom is -0.368 e. The average Bonchev–Trinajstić information content (AvgIpc) is 2.93. The zero-order chi connectivity index (χ0) is 18.4. The normalized spacial score (nSPS) is 12.5. The number of nitrogens with zero attached hydrogens (tertiary/aromatic N) is 2. The number of nitro groups is 1. The van der Waals surface area contributed by atoms with E-state index in [1.54, 1.807) is 12.1 Å². The Hall–Kier alpha value is -2.40. The molecule has 0 fully saturated rings. The third kappa shape index (κ3) is 2.89. The zero-order valence-electron chi connectivity index (χ0n) is 15.4. The van der Waals surface area contributed by atoms with Crippen molar-refractivity contribution in [1.29, 1.82) is 0 Å². The number of hydrogen-bond acceptors (Lipinski definition) is 2. The maximum Gasteiger partial charge on any atom is 0.270 e. The van der Waals surface area contributed by atoms with Gasteiger partial charge < -0.3 is 4.23 Å². The molecule has 0 aliphatic heterocycles. The molecule has 3 rings (SSSR count). The van der Waals surface area contributed by atoms with Gasteiger partial charge in [-0.2, -0.15) is 0 Å². The number of non-ortho nitro benzene ring substituents is 1. The van der Waals surface area contributed by atoms with E-state index < -0.39 is 8.24 Å². The molecule has 5 heteroatoms. The van der Waals surface area contributed by atoms with Gasteiger partial charge in [-0.05, 0) is 22.7 Å². The van der Waals surface area contributed by atoms with Crippen LogP contribution in [0.15, 0.2) is 54.6 Å². The van der Waals surface area contributed by atoms with Gasteiger partial charge in [-0.1, -0.05) is 64.2 Å². The van der Waals surface area contributed by atoms with E-state index in [0.717, 1.165) is 22.2 Å². The average molecular weight is 353 g/mol. The zero-order valence-corrected chi connectivity index (χ0v) is 16.4. The highest BCUT2D eigenvalue weighted by molar-refractivity contribution is 6.79. The molecule has 0 amide bonds. The molecule has 0 atom stereocenters. The molecule has 130 valence electrons. The van der Waals surface area contributed by atoms with E-state index >= 15 is 0 Å². The van der Waals surface area contributed by atoms with Gasteiger partial charge in [0.2, 0.25) is 0 Å². The summed E-state index contributed by atoms with van der Waals surface area (Å²) in [7, 11) is -1.92. The Morgan fingerprint density at radius 1 is 1.00 bits per heavy atom. The Labute approximate surface area is 149 Å². The standard InChI is InChI=1S/C20H24N2O2Si/c1-20(2,3)25(4,5)21-18-12-11-17(22(23)24)13-16(18)14-19(21)15-9-7-6-8-10-15/h6-14H,1-5H3. The summed E-state index contributed by atoms with van der Waals surface area (Å²) in [6.45, 7) is 11.6. The molecule has 0 N–H and O–H groups in total. The highest BCUT2D eigenvalue weighted by Gasteiger charge is 2.39. The minimum atomic E-state index is -1.92. The van der Waals surface area contributed by atoms with E-state index in [0.29, 0.717) is 0 Å². The first kappa shape index (κ1) is 17.4. The third-order valence-electron chi connectivity index (χ3n) is 5.46. The van der Waals surface area contributed by atoms with Gasteiger partial charge in [0.1, 0.15) is 0 Å². The number of nitro benzene ring substituents is 1. The fraction of sp³-hybridized carbons (Fsp3) is 0.300. The summed E-state index contributed by atoms with van der Waals surface area (Å²) < 4.78 is 2.46. The quantitative estimate of drug-likeness (QED) is 0.326. The predicted octanol–water partition coefficient (Wildman–Crippen LogP) is 6.07. The van der Waals surface area contributed by atoms with Crippen LogP contribution in [0.3, 0.4) is 0 Å². The Balaban J connectivity index is 2.37. The van der Waals surface area contributed by atoms with E-state index in [4.69, 9.17) is 0 Å². The second-order valence-corrected chi connectivity index (χ2v) is 13.1. The van der Waals surface area contributed by atoms with Gasteiger partial charge in [0.05, 0.1) is 4.92 Å². The molecule has 2 aromatic carbocycles. The summed E-state index contributed by atoms with van der Waals surface area (Å²) in [5.41, 5.74) is 3.50. The van der Waals surface area contributed by atoms with Crippen LogP contribution in [0.25, 0.3) is 22.2 Å². The number of benzene rings is 2. The Kier molecular flexibility index (Phi) is 4.07. The first-order chi connectivity index (χ1) is 11.6. The number of hydrogen-bond donors (Lipinski definition) is 0. The molecule has 25 heavy (non-hydrogen) atoms. The maximum atomic E-state index is 11.2. The SMILES string of the molecule is CC(C)(C)[Si](C)(C)n1c(-c2ccccc2)cc2cc([N+](=O)[O-])ccc21. The summed E-state index contributed by atoms with van der Waals surface area (Å²) in [6, 6.07) is 17.6. The molecule has 0 unspecified atom stereocenters. The van der Waals surface area contributed by atoms with Crippen molar-refractivity contribution in [3.05, 3.63) is 64.7 Å². The Morgan fingerprint density at radius 2 is 1.64 bits per heavy atom. The minimum absolute atomic E-state index is 0.138. The summed E-state index contributed by atoms with van der Waals surface area (Å²) in [5, 5.41) is 12.2. The van der Waals surface area contributed by atoms with Crippen LogP contribution in [0.2, 0.25) is 18.1 Å². The fourth-order valence-electron chi connectivity index (χ4n) is 3.08. The van der Waals surface area contributed by atoms with Crippen molar-refractivity contribution in [3.63, 3.8) is 0 Å². The highest BCUT2D eigenvalue weighted by atomic mass is 28.3. The largest absolute Gasteiger partial charge is 0.368 e. The lowest BCUT2D eigenvalue weighted by Crippen LogP contribution is -2.45. The monoisotopic (exact) mass is 352 g/mol. The number of fused-ring (bicyclic) bond motifs is 1. The summed E-state index contributed by atoms with van der Waals surface area (Å²) in [6.07, 6.45) is 0. The molecule has 3 aromatic rings. The van der Waals surface area contributed by atoms with Crippen LogP contribution >= 0.6 is 0 Å². The van der Waals surface area contributed by atoms with E-state index in [-0.39, 0.29) is 15.6 Å². The molecule has 0 spiro atoms. The number of rotatable bonds is 3. The van der Waals surface area contributed by atoms with Gasteiger partial charge in [-0.3, -0.25) is 10.1 Å². The Bertz CT molecular complexity index is 937. The molecule has 0 aliphatic carbocycles. The van der Waals surface area contributed by atoms with Crippen LogP contribution in [0.5, 0.6) is 0 Å². The smallest absolute Gasteiger partial charge is 0.270 e. The summed E-state index contributed by atoms with van der Waals surface area (Å²) in [4.78, 5) is 10.8. The first-order valence-electron chi connectivity index (χ1n) is 8.49. The molecule has 0 saturated heterocycles. The van der Waals surface area contributed by atoms with Crippen LogP contribution in [0.4, 0.5) is 5.69 Å². The van der Waals surface area contributed by atoms with Crippen molar-refractivity contribution in [2.75, 3.05) is 0 Å². The second-order valence-electron chi connectivity index (χ2n) is 8.04. The second kappa shape index (κ2) is 5.84. The van der Waals surface area contributed by atoms with Crippen LogP contribution in [0.1, 0.15) is 20.8 Å². The topological polar surface area (TPSA) is 48.1 Å². The van der Waals surface area contributed by atoms with Crippen molar-refractivity contribution >= 4 is 24.8 Å². The van der Waals surface area contributed by atoms with E-state index in [2.05, 4.69) is 56.3 Å². The lowest BCUT2D eigenvalue weighted by atomic mass is 10.1. The van der Waals surface area contributed by atoms with Crippen LogP contribution < -0.4 is 0 Å². The Morgan fingerprint density at radius 3 is 2.20 bits per heavy atom. The van der Waals surface area contributed by atoms with Crippen LogP contribution in [-0.4, -0.2) is 17.4 Å². The maximum absolute atomic E-state index is 11.2. The van der Waals surface area contributed by atoms with Gasteiger partial charge in [-0.25, -0.2) is 0 Å². The molecule has 1 aromatic heterocycles. The lowest BCUT2D eigenvalue weighted by Gasteiger charge is -2.40. The van der Waals surface area contributed by atoms with Crippen molar-refractivity contribution in [3.8, 4) is 11.3 Å². The van der Waals surface area contributed by atoms with Gasteiger partial charge in [0.15, 0.2) is 8.24 Å². The molecule has 0 radical (unpaired) electrons. The molecule has 0 bridgehead atoms. The van der Waals surface area contributed by atoms with Crippen LogP contribution in [0, 0.1) is 10.1 Å². The summed E-state index contributed by atoms with van der Waals surface area (Å²) in [5.74, 6) is 0. The molecular weight excluding hydrogens is 328 g/mol. The van der Waals surface area contributed by atoms with Gasteiger partial charge >= 0.3 is 0 Å². The van der Waals surface area contributed by atoms with Crippen LogP contribution in [-0.2, 0) is 0 Å². The summed E-state index contributed by atoms with van der Waals surface area (Å²) >= 11 is 0. The van der Waals surface area contributed by atoms with Gasteiger partial charge in [-0.15, -0.1) is 0 Å². The van der Waals surface area contributed by atoms with E-state index in [1.165, 1.54) is 0 Å². The third-order valence-corrected chi connectivity index (χ3v) is 10.7. The predicted molar refractivity (Wildman–Crippen MR) is 107 cm³/mol. The van der Waals surface area contributed by atoms with Crippen molar-refractivity contribution < 1.29 is 4.92 Å². The van der Waals surface area contributed by atoms with E-state index in [9.17, 15) is 10.1 Å². The fourth-order valence-corrected chi connectivity index (χ4v) is 5.35. The van der Waals surface area contributed by atoms with E-state index in [1.807, 2.05) is 24.3 Å². The van der Waals surface area contributed by atoms with Crippen molar-refractivity contribution in [2.45, 2.75) is 38.9 Å². The molecule has 0 saturated carbocycles. The first-order valence-corrected chi connectivity index (χ1v) is 11.4. The molecule has 1 heterocycles.